The van der Waals surface area contributed by atoms with Crippen molar-refractivity contribution in [3.8, 4) is 17.2 Å². The van der Waals surface area contributed by atoms with E-state index in [0.29, 0.717) is 18.9 Å². The maximum absolute atomic E-state index is 11.4. The molecule has 29 heavy (non-hydrogen) atoms. The van der Waals surface area contributed by atoms with Gasteiger partial charge in [-0.2, -0.15) is 0 Å². The van der Waals surface area contributed by atoms with Gasteiger partial charge in [0.25, 0.3) is 0 Å². The molecule has 3 rings (SSSR count). The molecule has 152 valence electrons. The summed E-state index contributed by atoms with van der Waals surface area (Å²) in [6.07, 6.45) is 3.09. The van der Waals surface area contributed by atoms with E-state index in [-0.39, 0.29) is 12.4 Å². The topological polar surface area (TPSA) is 61.6 Å². The molecule has 0 saturated heterocycles. The van der Waals surface area contributed by atoms with Crippen molar-refractivity contribution in [2.75, 3.05) is 13.7 Å². The molecule has 0 aliphatic heterocycles. The summed E-state index contributed by atoms with van der Waals surface area (Å²) in [4.78, 5) is 16.1. The summed E-state index contributed by atoms with van der Waals surface area (Å²) in [5.41, 5.74) is 4.06. The fraction of sp³-hybridized carbons (Fsp3) is 0.333. The van der Waals surface area contributed by atoms with Gasteiger partial charge in [0.15, 0.2) is 0 Å². The van der Waals surface area contributed by atoms with Crippen LogP contribution in [0.1, 0.15) is 35.9 Å². The number of benzene rings is 2. The Labute approximate surface area is 171 Å². The zero-order valence-electron chi connectivity index (χ0n) is 17.2. The maximum Gasteiger partial charge on any atom is 0.309 e. The molecule has 5 heteroatoms. The van der Waals surface area contributed by atoms with Crippen molar-refractivity contribution in [2.45, 2.75) is 39.5 Å². The van der Waals surface area contributed by atoms with Crippen molar-refractivity contribution in [1.82, 2.24) is 4.98 Å². The summed E-state index contributed by atoms with van der Waals surface area (Å²) in [6, 6.07) is 15.9. The zero-order chi connectivity index (χ0) is 20.6. The number of carbonyl (C=O) groups is 1. The molecule has 0 aliphatic carbocycles. The first-order valence-corrected chi connectivity index (χ1v) is 9.93. The monoisotopic (exact) mass is 393 g/mol. The number of hydrogen-bond acceptors (Lipinski definition) is 5. The number of ether oxygens (including phenoxy) is 2. The lowest BCUT2D eigenvalue weighted by molar-refractivity contribution is -0.139. The van der Waals surface area contributed by atoms with Crippen molar-refractivity contribution in [3.05, 3.63) is 71.1 Å². The van der Waals surface area contributed by atoms with Crippen LogP contribution in [0.5, 0.6) is 5.75 Å². The first-order chi connectivity index (χ1) is 14.1. The van der Waals surface area contributed by atoms with Gasteiger partial charge >= 0.3 is 5.97 Å². The van der Waals surface area contributed by atoms with E-state index in [1.165, 1.54) is 12.7 Å². The van der Waals surface area contributed by atoms with Crippen LogP contribution in [0.25, 0.3) is 11.5 Å². The maximum atomic E-state index is 11.4. The highest BCUT2D eigenvalue weighted by molar-refractivity contribution is 5.72. The molecule has 0 unspecified atom stereocenters. The van der Waals surface area contributed by atoms with Crippen LogP contribution in [0.15, 0.2) is 52.9 Å². The number of rotatable bonds is 9. The van der Waals surface area contributed by atoms with E-state index in [1.54, 1.807) is 0 Å². The Morgan fingerprint density at radius 2 is 1.86 bits per heavy atom. The lowest BCUT2D eigenvalue weighted by Crippen LogP contribution is -2.06. The van der Waals surface area contributed by atoms with Gasteiger partial charge in [-0.1, -0.05) is 37.6 Å². The minimum Gasteiger partial charge on any atom is -0.493 e. The standard InChI is InChI=1S/C24H27NO4/c1-4-6-18-9-11-20(12-10-18)24-25-22(17(2)29-24)13-14-28-21-8-5-7-19(15-21)16-23(26)27-3/h5,7-12,15H,4,6,13-14,16H2,1-3H3. The smallest absolute Gasteiger partial charge is 0.309 e. The third-order valence-corrected chi connectivity index (χ3v) is 4.71. The van der Waals surface area contributed by atoms with Gasteiger partial charge in [-0.15, -0.1) is 0 Å². The van der Waals surface area contributed by atoms with Crippen LogP contribution in [0.3, 0.4) is 0 Å². The zero-order valence-corrected chi connectivity index (χ0v) is 17.2. The number of esters is 1. The van der Waals surface area contributed by atoms with E-state index in [1.807, 2.05) is 31.2 Å². The summed E-state index contributed by atoms with van der Waals surface area (Å²) in [5.74, 6) is 1.90. The molecule has 0 atom stereocenters. The Hall–Kier alpha value is -3.08. The van der Waals surface area contributed by atoms with Crippen molar-refractivity contribution < 1.29 is 18.7 Å². The number of aryl methyl sites for hydroxylation is 2. The minimum absolute atomic E-state index is 0.233. The molecule has 2 aromatic carbocycles. The first-order valence-electron chi connectivity index (χ1n) is 9.93. The van der Waals surface area contributed by atoms with Gasteiger partial charge in [0.05, 0.1) is 25.8 Å². The van der Waals surface area contributed by atoms with Gasteiger partial charge in [-0.05, 0) is 48.7 Å². The number of oxazole rings is 1. The number of methoxy groups -OCH3 is 1. The fourth-order valence-electron chi connectivity index (χ4n) is 3.14. The molecule has 0 N–H and O–H groups in total. The Bertz CT molecular complexity index is 944. The van der Waals surface area contributed by atoms with Gasteiger partial charge in [-0.3, -0.25) is 4.79 Å². The van der Waals surface area contributed by atoms with Crippen molar-refractivity contribution in [3.63, 3.8) is 0 Å². The van der Waals surface area contributed by atoms with Crippen molar-refractivity contribution in [2.24, 2.45) is 0 Å². The van der Waals surface area contributed by atoms with Crippen LogP contribution in [-0.2, 0) is 28.8 Å². The molecule has 1 aromatic heterocycles. The fourth-order valence-corrected chi connectivity index (χ4v) is 3.14. The molecule has 0 spiro atoms. The molecule has 3 aromatic rings. The van der Waals surface area contributed by atoms with Gasteiger partial charge in [0, 0.05) is 12.0 Å². The van der Waals surface area contributed by atoms with Gasteiger partial charge in [0.2, 0.25) is 5.89 Å². The van der Waals surface area contributed by atoms with E-state index in [2.05, 4.69) is 36.2 Å². The Morgan fingerprint density at radius 3 is 2.59 bits per heavy atom. The van der Waals surface area contributed by atoms with Crippen LogP contribution in [0.2, 0.25) is 0 Å². The lowest BCUT2D eigenvalue weighted by Gasteiger charge is -2.07. The largest absolute Gasteiger partial charge is 0.493 e. The average Bonchev–Trinajstić information content (AvgIpc) is 3.09. The third kappa shape index (κ3) is 5.70. The van der Waals surface area contributed by atoms with Crippen LogP contribution < -0.4 is 4.74 Å². The van der Waals surface area contributed by atoms with Crippen LogP contribution in [0, 0.1) is 6.92 Å². The van der Waals surface area contributed by atoms with Gasteiger partial charge in [0.1, 0.15) is 11.5 Å². The van der Waals surface area contributed by atoms with E-state index in [0.717, 1.165) is 41.2 Å². The van der Waals surface area contributed by atoms with Gasteiger partial charge < -0.3 is 13.9 Å². The second-order valence-corrected chi connectivity index (χ2v) is 6.97. The number of carbonyl (C=O) groups excluding carboxylic acids is 1. The predicted molar refractivity (Wildman–Crippen MR) is 112 cm³/mol. The van der Waals surface area contributed by atoms with Crippen LogP contribution in [0.4, 0.5) is 0 Å². The second kappa shape index (κ2) is 9.92. The molecule has 0 saturated carbocycles. The Morgan fingerprint density at radius 1 is 1.07 bits per heavy atom. The van der Waals surface area contributed by atoms with Crippen molar-refractivity contribution >= 4 is 5.97 Å². The van der Waals surface area contributed by atoms with Crippen molar-refractivity contribution in [1.29, 1.82) is 0 Å². The van der Waals surface area contributed by atoms with Crippen LogP contribution >= 0.6 is 0 Å². The van der Waals surface area contributed by atoms with E-state index in [9.17, 15) is 4.79 Å². The quantitative estimate of drug-likeness (QED) is 0.482. The molecule has 0 amide bonds. The predicted octanol–water partition coefficient (Wildman–Crippen LogP) is 4.94. The van der Waals surface area contributed by atoms with Gasteiger partial charge in [-0.25, -0.2) is 4.98 Å². The second-order valence-electron chi connectivity index (χ2n) is 6.97. The molecular weight excluding hydrogens is 366 g/mol. The minimum atomic E-state index is -0.268. The highest BCUT2D eigenvalue weighted by Gasteiger charge is 2.12. The summed E-state index contributed by atoms with van der Waals surface area (Å²) >= 11 is 0. The summed E-state index contributed by atoms with van der Waals surface area (Å²) < 4.78 is 16.4. The highest BCUT2D eigenvalue weighted by atomic mass is 16.5. The molecule has 0 aliphatic rings. The number of hydrogen-bond donors (Lipinski definition) is 0. The molecule has 0 fully saturated rings. The summed E-state index contributed by atoms with van der Waals surface area (Å²) in [6.45, 7) is 4.58. The summed E-state index contributed by atoms with van der Waals surface area (Å²) in [5, 5.41) is 0. The average molecular weight is 393 g/mol. The molecule has 0 radical (unpaired) electrons. The first kappa shape index (κ1) is 20.6. The third-order valence-electron chi connectivity index (χ3n) is 4.71. The van der Waals surface area contributed by atoms with E-state index < -0.39 is 0 Å². The van der Waals surface area contributed by atoms with Crippen LogP contribution in [-0.4, -0.2) is 24.7 Å². The Balaban J connectivity index is 1.59. The molecule has 0 bridgehead atoms. The molecule has 1 heterocycles. The van der Waals surface area contributed by atoms with E-state index in [4.69, 9.17) is 13.9 Å². The number of nitrogens with zero attached hydrogens (tertiary/aromatic N) is 1. The number of aromatic nitrogens is 1. The lowest BCUT2D eigenvalue weighted by atomic mass is 10.1. The Kier molecular flexibility index (Phi) is 7.06. The molecular formula is C24H27NO4. The molecule has 5 nitrogen and oxygen atoms in total. The summed E-state index contributed by atoms with van der Waals surface area (Å²) in [7, 11) is 1.39. The normalized spacial score (nSPS) is 10.7. The SMILES string of the molecule is CCCc1ccc(-c2nc(CCOc3cccc(CC(=O)OC)c3)c(C)o2)cc1. The highest BCUT2D eigenvalue weighted by Crippen LogP contribution is 2.23. The van der Waals surface area contributed by atoms with E-state index >= 15 is 0 Å².